The lowest BCUT2D eigenvalue weighted by Crippen LogP contribution is -2.18. The standard InChI is InChI=1S/C22H23N5O2S/c1-11-9-23-27(10-15-5-6-15)20(11)25-21(28)17-8-18(16-7-12(2)30-14(16)4)24-22-19(17)13(3)26-29-22/h7-9,15H,5-6,10H2,1-4H3,(H,25,28). The summed E-state index contributed by atoms with van der Waals surface area (Å²) >= 11 is 1.71. The number of rotatable bonds is 5. The van der Waals surface area contributed by atoms with Crippen molar-refractivity contribution in [1.82, 2.24) is 19.9 Å². The summed E-state index contributed by atoms with van der Waals surface area (Å²) in [7, 11) is 0. The summed E-state index contributed by atoms with van der Waals surface area (Å²) in [4.78, 5) is 20.4. The molecule has 1 aliphatic carbocycles. The number of nitrogens with zero attached hydrogens (tertiary/aromatic N) is 4. The third-order valence-electron chi connectivity index (χ3n) is 5.56. The van der Waals surface area contributed by atoms with E-state index in [4.69, 9.17) is 4.52 Å². The van der Waals surface area contributed by atoms with Gasteiger partial charge in [-0.15, -0.1) is 11.3 Å². The molecule has 0 atom stereocenters. The van der Waals surface area contributed by atoms with Crippen LogP contribution in [0.25, 0.3) is 22.4 Å². The fourth-order valence-electron chi connectivity index (χ4n) is 3.80. The molecular weight excluding hydrogens is 398 g/mol. The molecule has 0 spiro atoms. The first kappa shape index (κ1) is 19.0. The number of hydrogen-bond donors (Lipinski definition) is 1. The Morgan fingerprint density at radius 2 is 2.07 bits per heavy atom. The molecule has 0 unspecified atom stereocenters. The number of nitrogens with one attached hydrogen (secondary N) is 1. The number of pyridine rings is 1. The second kappa shape index (κ2) is 7.05. The Morgan fingerprint density at radius 3 is 2.77 bits per heavy atom. The van der Waals surface area contributed by atoms with Crippen molar-refractivity contribution in [3.63, 3.8) is 0 Å². The number of carbonyl (C=O) groups is 1. The second-order valence-electron chi connectivity index (χ2n) is 8.09. The third-order valence-corrected chi connectivity index (χ3v) is 6.53. The Hall–Kier alpha value is -3.00. The van der Waals surface area contributed by atoms with Crippen molar-refractivity contribution in [1.29, 1.82) is 0 Å². The van der Waals surface area contributed by atoms with Gasteiger partial charge >= 0.3 is 0 Å². The van der Waals surface area contributed by atoms with Crippen LogP contribution in [-0.2, 0) is 6.54 Å². The molecule has 0 bridgehead atoms. The summed E-state index contributed by atoms with van der Waals surface area (Å²) in [6.45, 7) is 8.74. The summed E-state index contributed by atoms with van der Waals surface area (Å²) in [5.41, 5.74) is 4.21. The number of aromatic nitrogens is 4. The third kappa shape index (κ3) is 3.31. The molecule has 5 rings (SSSR count). The summed E-state index contributed by atoms with van der Waals surface area (Å²) in [6.07, 6.45) is 4.24. The molecule has 0 aliphatic heterocycles. The highest BCUT2D eigenvalue weighted by molar-refractivity contribution is 7.12. The minimum absolute atomic E-state index is 0.208. The van der Waals surface area contributed by atoms with Crippen molar-refractivity contribution in [3.05, 3.63) is 44.9 Å². The van der Waals surface area contributed by atoms with Crippen molar-refractivity contribution < 1.29 is 9.32 Å². The monoisotopic (exact) mass is 421 g/mol. The zero-order valence-electron chi connectivity index (χ0n) is 17.4. The van der Waals surface area contributed by atoms with Crippen LogP contribution in [0.1, 0.15) is 44.2 Å². The van der Waals surface area contributed by atoms with Crippen LogP contribution in [0.5, 0.6) is 0 Å². The molecule has 30 heavy (non-hydrogen) atoms. The van der Waals surface area contributed by atoms with Gasteiger partial charge in [0.2, 0.25) is 0 Å². The molecule has 1 aliphatic rings. The van der Waals surface area contributed by atoms with Crippen molar-refractivity contribution in [2.45, 2.75) is 47.1 Å². The van der Waals surface area contributed by atoms with Crippen LogP contribution >= 0.6 is 11.3 Å². The molecule has 4 aromatic heterocycles. The van der Waals surface area contributed by atoms with E-state index in [1.165, 1.54) is 17.7 Å². The molecule has 0 saturated heterocycles. The van der Waals surface area contributed by atoms with Gasteiger partial charge in [0, 0.05) is 27.4 Å². The van der Waals surface area contributed by atoms with Crippen LogP contribution < -0.4 is 5.32 Å². The van der Waals surface area contributed by atoms with Crippen LogP contribution in [0.3, 0.4) is 0 Å². The van der Waals surface area contributed by atoms with Crippen LogP contribution in [0.2, 0.25) is 0 Å². The van der Waals surface area contributed by atoms with Gasteiger partial charge in [-0.2, -0.15) is 5.10 Å². The second-order valence-corrected chi connectivity index (χ2v) is 9.55. The summed E-state index contributed by atoms with van der Waals surface area (Å²) in [5.74, 6) is 1.19. The van der Waals surface area contributed by atoms with Crippen LogP contribution in [0.15, 0.2) is 22.9 Å². The van der Waals surface area contributed by atoms with E-state index in [1.807, 2.05) is 24.6 Å². The molecule has 1 N–H and O–H groups in total. The van der Waals surface area contributed by atoms with Crippen LogP contribution in [0, 0.1) is 33.6 Å². The van der Waals surface area contributed by atoms with Crippen molar-refractivity contribution >= 4 is 34.2 Å². The lowest BCUT2D eigenvalue weighted by Gasteiger charge is -2.11. The summed E-state index contributed by atoms with van der Waals surface area (Å²) < 4.78 is 7.34. The highest BCUT2D eigenvalue weighted by Gasteiger charge is 2.25. The molecule has 154 valence electrons. The SMILES string of the molecule is Cc1cc(-c2cc(C(=O)Nc3c(C)cnn3CC3CC3)c3c(C)noc3n2)c(C)s1. The maximum absolute atomic E-state index is 13.4. The zero-order chi connectivity index (χ0) is 21.0. The normalized spacial score (nSPS) is 13.9. The minimum atomic E-state index is -0.208. The first-order chi connectivity index (χ1) is 14.4. The van der Waals surface area contributed by atoms with Gasteiger partial charge in [0.15, 0.2) is 0 Å². The van der Waals surface area contributed by atoms with Gasteiger partial charge in [-0.05, 0) is 58.6 Å². The molecule has 1 amide bonds. The van der Waals surface area contributed by atoms with Gasteiger partial charge in [-0.3, -0.25) is 4.79 Å². The zero-order valence-corrected chi connectivity index (χ0v) is 18.3. The van der Waals surface area contributed by atoms with Crippen LogP contribution in [-0.4, -0.2) is 25.8 Å². The molecule has 4 heterocycles. The number of aryl methyl sites for hydroxylation is 4. The molecule has 8 heteroatoms. The van der Waals surface area contributed by atoms with Gasteiger partial charge in [0.05, 0.1) is 28.5 Å². The molecule has 0 aromatic carbocycles. The highest BCUT2D eigenvalue weighted by Crippen LogP contribution is 2.34. The topological polar surface area (TPSA) is 85.8 Å². The molecule has 1 saturated carbocycles. The largest absolute Gasteiger partial charge is 0.335 e. The Balaban J connectivity index is 1.58. The van der Waals surface area contributed by atoms with E-state index in [9.17, 15) is 4.79 Å². The first-order valence-electron chi connectivity index (χ1n) is 10.1. The van der Waals surface area contributed by atoms with Gasteiger partial charge in [0.25, 0.3) is 11.6 Å². The van der Waals surface area contributed by atoms with Crippen molar-refractivity contribution in [2.75, 3.05) is 5.32 Å². The molecule has 1 fully saturated rings. The maximum atomic E-state index is 13.4. The highest BCUT2D eigenvalue weighted by atomic mass is 32.1. The Bertz CT molecular complexity index is 1280. The van der Waals surface area contributed by atoms with E-state index in [1.54, 1.807) is 17.5 Å². The summed E-state index contributed by atoms with van der Waals surface area (Å²) in [6, 6.07) is 3.93. The molecule has 7 nitrogen and oxygen atoms in total. The smallest absolute Gasteiger partial charge is 0.259 e. The fraction of sp³-hybridized carbons (Fsp3) is 0.364. The molecular formula is C22H23N5O2S. The van der Waals surface area contributed by atoms with E-state index in [0.717, 1.165) is 28.4 Å². The number of amides is 1. The summed E-state index contributed by atoms with van der Waals surface area (Å²) in [5, 5.41) is 12.2. The molecule has 4 aromatic rings. The number of anilines is 1. The van der Waals surface area contributed by atoms with Gasteiger partial charge in [-0.25, -0.2) is 9.67 Å². The number of carbonyl (C=O) groups excluding carboxylic acids is 1. The molecule has 0 radical (unpaired) electrons. The number of fused-ring (bicyclic) bond motifs is 1. The Morgan fingerprint density at radius 1 is 1.27 bits per heavy atom. The lowest BCUT2D eigenvalue weighted by atomic mass is 10.1. The van der Waals surface area contributed by atoms with E-state index in [0.29, 0.717) is 34.0 Å². The van der Waals surface area contributed by atoms with Crippen LogP contribution in [0.4, 0.5) is 5.82 Å². The Kier molecular flexibility index (Phi) is 4.47. The quantitative estimate of drug-likeness (QED) is 0.488. The lowest BCUT2D eigenvalue weighted by molar-refractivity contribution is 0.102. The maximum Gasteiger partial charge on any atom is 0.259 e. The predicted octanol–water partition coefficient (Wildman–Crippen LogP) is 5.04. The van der Waals surface area contributed by atoms with E-state index in [-0.39, 0.29) is 5.91 Å². The predicted molar refractivity (Wildman–Crippen MR) is 117 cm³/mol. The minimum Gasteiger partial charge on any atom is -0.335 e. The average molecular weight is 422 g/mol. The van der Waals surface area contributed by atoms with Crippen molar-refractivity contribution in [3.8, 4) is 11.3 Å². The Labute approximate surface area is 178 Å². The number of hydrogen-bond acceptors (Lipinski definition) is 6. The van der Waals surface area contributed by atoms with E-state index in [2.05, 4.69) is 40.5 Å². The van der Waals surface area contributed by atoms with E-state index < -0.39 is 0 Å². The van der Waals surface area contributed by atoms with Crippen molar-refractivity contribution in [2.24, 2.45) is 5.92 Å². The van der Waals surface area contributed by atoms with Gasteiger partial charge in [-0.1, -0.05) is 5.16 Å². The average Bonchev–Trinajstić information content (AvgIpc) is 3.24. The first-order valence-corrected chi connectivity index (χ1v) is 10.9. The van der Waals surface area contributed by atoms with Gasteiger partial charge < -0.3 is 9.84 Å². The fourth-order valence-corrected chi connectivity index (χ4v) is 4.73. The van der Waals surface area contributed by atoms with E-state index >= 15 is 0 Å². The number of thiophene rings is 1. The van der Waals surface area contributed by atoms with Gasteiger partial charge in [0.1, 0.15) is 5.82 Å².